The van der Waals surface area contributed by atoms with Crippen molar-refractivity contribution in [1.82, 2.24) is 24.8 Å². The van der Waals surface area contributed by atoms with Crippen molar-refractivity contribution in [3.05, 3.63) is 59.6 Å². The number of hydrogen-bond acceptors (Lipinski definition) is 8. The number of hydrogen-bond donors (Lipinski definition) is 3. The zero-order valence-corrected chi connectivity index (χ0v) is 26.1. The number of nitrogens with one attached hydrogen (secondary N) is 2. The van der Waals surface area contributed by atoms with E-state index >= 15 is 0 Å². The molecule has 226 valence electrons. The first-order valence-electron chi connectivity index (χ1n) is 13.7. The third-order valence-corrected chi connectivity index (χ3v) is 9.00. The summed E-state index contributed by atoms with van der Waals surface area (Å²) in [6, 6.07) is 16.5. The van der Waals surface area contributed by atoms with E-state index in [1.54, 1.807) is 36.6 Å². The molecule has 2 aromatic carbocycles. The van der Waals surface area contributed by atoms with Gasteiger partial charge in [0.05, 0.1) is 27.2 Å². The Balaban J connectivity index is 1.77. The van der Waals surface area contributed by atoms with Crippen LogP contribution in [0.1, 0.15) is 38.7 Å². The molecule has 12 heteroatoms. The molecule has 0 spiro atoms. The van der Waals surface area contributed by atoms with Gasteiger partial charge in [0.25, 0.3) is 0 Å². The van der Waals surface area contributed by atoms with Gasteiger partial charge in [-0.1, -0.05) is 50.1 Å². The molecule has 3 N–H and O–H groups in total. The molecule has 1 unspecified atom stereocenters. The molecule has 0 radical (unpaired) electrons. The van der Waals surface area contributed by atoms with Crippen LogP contribution in [0.2, 0.25) is 0 Å². The van der Waals surface area contributed by atoms with Gasteiger partial charge >= 0.3 is 0 Å². The van der Waals surface area contributed by atoms with Gasteiger partial charge in [0.15, 0.2) is 0 Å². The Hall–Kier alpha value is -3.34. The fraction of sp³-hybridized carbons (Fsp3) is 0.433. The first kappa shape index (κ1) is 33.2. The van der Waals surface area contributed by atoms with Gasteiger partial charge in [0.2, 0.25) is 21.8 Å². The molecule has 0 aliphatic carbocycles. The lowest BCUT2D eigenvalue weighted by Gasteiger charge is -2.40. The summed E-state index contributed by atoms with van der Waals surface area (Å²) in [5.41, 5.74) is 1.31. The van der Waals surface area contributed by atoms with Crippen molar-refractivity contribution in [2.24, 2.45) is 5.92 Å². The number of carbonyl (C=O) groups excluding carboxylic acids is 2. The van der Waals surface area contributed by atoms with Gasteiger partial charge in [-0.3, -0.25) is 14.9 Å². The van der Waals surface area contributed by atoms with E-state index in [-0.39, 0.29) is 67.9 Å². The minimum atomic E-state index is -4.14. The number of sulfonamides is 1. The van der Waals surface area contributed by atoms with Crippen LogP contribution >= 0.6 is 11.3 Å². The Labute approximate surface area is 252 Å². The summed E-state index contributed by atoms with van der Waals surface area (Å²) in [7, 11) is -0.585. The summed E-state index contributed by atoms with van der Waals surface area (Å²) in [5, 5.41) is 17.4. The highest BCUT2D eigenvalue weighted by Crippen LogP contribution is 2.32. The molecular formula is C30H39N5O5S2. The number of aromatic nitrogens is 1. The van der Waals surface area contributed by atoms with Crippen molar-refractivity contribution in [3.8, 4) is 12.0 Å². The highest BCUT2D eigenvalue weighted by Gasteiger charge is 2.43. The number of nitrogens with zero attached hydrogens (tertiary/aromatic N) is 3. The molecule has 10 nitrogen and oxygen atoms in total. The van der Waals surface area contributed by atoms with Crippen LogP contribution in [-0.2, 0) is 26.0 Å². The smallest absolute Gasteiger partial charge is 0.245 e. The maximum atomic E-state index is 14.1. The van der Waals surface area contributed by atoms with E-state index in [4.69, 9.17) is 0 Å². The standard InChI is InChI=1S/C30H39N5O5S2/c1-23(2)20-35(42(39,40)25-13-14-26-27(18-25)41-22-33-26)30(38,19-24-10-6-5-7-11-24)15-17-32-28(36)12-8-9-16-31-29(37)21-34(3)4/h5-7,10-11,13-14,18,22-23,38H,8,12,15,17,19-21H2,1-4H3,(H,31,37)(H,32,36). The molecule has 0 aliphatic heterocycles. The summed E-state index contributed by atoms with van der Waals surface area (Å²) in [6.07, 6.45) is 0.331. The lowest BCUT2D eigenvalue weighted by atomic mass is 9.98. The van der Waals surface area contributed by atoms with Gasteiger partial charge in [-0.05, 0) is 43.8 Å². The van der Waals surface area contributed by atoms with Crippen molar-refractivity contribution < 1.29 is 23.1 Å². The normalized spacial score (nSPS) is 13.1. The zero-order valence-electron chi connectivity index (χ0n) is 24.5. The molecule has 42 heavy (non-hydrogen) atoms. The third-order valence-electron chi connectivity index (χ3n) is 6.29. The first-order chi connectivity index (χ1) is 19.9. The fourth-order valence-corrected chi connectivity index (χ4v) is 6.99. The molecule has 0 bridgehead atoms. The van der Waals surface area contributed by atoms with Crippen LogP contribution in [0.15, 0.2) is 58.9 Å². The van der Waals surface area contributed by atoms with E-state index in [2.05, 4.69) is 27.6 Å². The van der Waals surface area contributed by atoms with Crippen LogP contribution in [0.25, 0.3) is 10.2 Å². The summed E-state index contributed by atoms with van der Waals surface area (Å²) < 4.78 is 30.1. The number of rotatable bonds is 14. The molecule has 3 rings (SSSR count). The number of benzene rings is 2. The second kappa shape index (κ2) is 15.2. The van der Waals surface area contributed by atoms with Gasteiger partial charge in [-0.2, -0.15) is 4.31 Å². The van der Waals surface area contributed by atoms with Crippen LogP contribution in [0, 0.1) is 17.9 Å². The third kappa shape index (κ3) is 9.61. The minimum Gasteiger partial charge on any atom is -0.374 e. The SMILES string of the molecule is CC(C)CN(C(O)(CCNC(=O)CCC#CNC(=O)CN(C)C)Cc1ccccc1)S(=O)(=O)c1ccc2ncsc2c1. The van der Waals surface area contributed by atoms with Crippen LogP contribution in [0.5, 0.6) is 0 Å². The van der Waals surface area contributed by atoms with Gasteiger partial charge in [-0.25, -0.2) is 13.4 Å². The van der Waals surface area contributed by atoms with Crippen molar-refractivity contribution in [1.29, 1.82) is 0 Å². The van der Waals surface area contributed by atoms with Crippen molar-refractivity contribution in [2.75, 3.05) is 33.7 Å². The largest absolute Gasteiger partial charge is 0.374 e. The van der Waals surface area contributed by atoms with E-state index in [0.717, 1.165) is 10.3 Å². The second-order valence-corrected chi connectivity index (χ2v) is 13.5. The summed E-state index contributed by atoms with van der Waals surface area (Å²) in [4.78, 5) is 30.2. The fourth-order valence-electron chi connectivity index (χ4n) is 4.34. The number of likely N-dealkylation sites (N-methyl/N-ethyl adjacent to an activating group) is 1. The average Bonchev–Trinajstić information content (AvgIpc) is 3.40. The number of aliphatic hydroxyl groups is 1. The molecule has 0 aliphatic rings. The van der Waals surface area contributed by atoms with Crippen LogP contribution in [0.3, 0.4) is 0 Å². The van der Waals surface area contributed by atoms with Crippen LogP contribution in [0.4, 0.5) is 0 Å². The number of carbonyl (C=O) groups is 2. The van der Waals surface area contributed by atoms with E-state index in [9.17, 15) is 23.1 Å². The van der Waals surface area contributed by atoms with E-state index in [0.29, 0.717) is 5.52 Å². The highest BCUT2D eigenvalue weighted by molar-refractivity contribution is 7.89. The molecule has 0 fully saturated rings. The second-order valence-electron chi connectivity index (χ2n) is 10.7. The molecule has 0 saturated carbocycles. The van der Waals surface area contributed by atoms with E-state index in [1.807, 2.05) is 44.2 Å². The Morgan fingerprint density at radius 3 is 2.55 bits per heavy atom. The molecule has 2 amide bonds. The van der Waals surface area contributed by atoms with Gasteiger partial charge < -0.3 is 15.3 Å². The minimum absolute atomic E-state index is 0.0331. The lowest BCUT2D eigenvalue weighted by molar-refractivity contribution is -0.122. The topological polar surface area (TPSA) is 132 Å². The quantitative estimate of drug-likeness (QED) is 0.145. The number of fused-ring (bicyclic) bond motifs is 1. The van der Waals surface area contributed by atoms with Gasteiger partial charge in [0.1, 0.15) is 5.72 Å². The Morgan fingerprint density at radius 1 is 1.12 bits per heavy atom. The van der Waals surface area contributed by atoms with Crippen LogP contribution in [-0.4, -0.2) is 79.0 Å². The average molecular weight is 614 g/mol. The maximum Gasteiger partial charge on any atom is 0.245 e. The molecule has 1 atom stereocenters. The predicted octanol–water partition coefficient (Wildman–Crippen LogP) is 2.80. The van der Waals surface area contributed by atoms with Crippen LogP contribution < -0.4 is 10.6 Å². The maximum absolute atomic E-state index is 14.1. The molecule has 0 saturated heterocycles. The summed E-state index contributed by atoms with van der Waals surface area (Å²) in [6.45, 7) is 4.13. The Bertz CT molecular complexity index is 1510. The number of thiazole rings is 1. The lowest BCUT2D eigenvalue weighted by Crippen LogP contribution is -2.55. The van der Waals surface area contributed by atoms with Gasteiger partial charge in [0, 0.05) is 44.8 Å². The van der Waals surface area contributed by atoms with Crippen molar-refractivity contribution in [2.45, 2.75) is 50.2 Å². The van der Waals surface area contributed by atoms with Crippen molar-refractivity contribution in [3.63, 3.8) is 0 Å². The Morgan fingerprint density at radius 2 is 1.86 bits per heavy atom. The van der Waals surface area contributed by atoms with Gasteiger partial charge in [-0.15, -0.1) is 11.3 Å². The number of amides is 2. The highest BCUT2D eigenvalue weighted by atomic mass is 32.2. The monoisotopic (exact) mass is 613 g/mol. The molecule has 1 aromatic heterocycles. The van der Waals surface area contributed by atoms with E-state index < -0.39 is 15.7 Å². The summed E-state index contributed by atoms with van der Waals surface area (Å²) >= 11 is 1.35. The Kier molecular flexibility index (Phi) is 12.0. The molecule has 1 heterocycles. The van der Waals surface area contributed by atoms with E-state index in [1.165, 1.54) is 21.7 Å². The predicted molar refractivity (Wildman–Crippen MR) is 165 cm³/mol. The molecule has 3 aromatic rings. The summed E-state index contributed by atoms with van der Waals surface area (Å²) in [5.74, 6) is 2.14. The van der Waals surface area contributed by atoms with Crippen molar-refractivity contribution >= 4 is 43.4 Å². The zero-order chi connectivity index (χ0) is 30.8. The molecular weight excluding hydrogens is 574 g/mol. The first-order valence-corrected chi connectivity index (χ1v) is 16.0.